The van der Waals surface area contributed by atoms with Gasteiger partial charge in [0, 0.05) is 51.0 Å². The minimum Gasteiger partial charge on any atom is -0.489 e. The number of aromatic nitrogens is 2. The van der Waals surface area contributed by atoms with E-state index in [2.05, 4.69) is 54.9 Å². The van der Waals surface area contributed by atoms with Crippen molar-refractivity contribution in [3.8, 4) is 5.75 Å². The molecule has 0 spiro atoms. The lowest BCUT2D eigenvalue weighted by Gasteiger charge is -2.32. The molecule has 2 aromatic carbocycles. The first-order chi connectivity index (χ1) is 22.0. The molecule has 1 aliphatic carbocycles. The molecule has 2 aliphatic rings. The Morgan fingerprint density at radius 3 is 2.39 bits per heavy atom. The van der Waals surface area contributed by atoms with Crippen molar-refractivity contribution in [2.24, 2.45) is 0 Å². The van der Waals surface area contributed by atoms with E-state index in [1.54, 1.807) is 38.1 Å². The number of piperazine rings is 1. The highest BCUT2D eigenvalue weighted by molar-refractivity contribution is 7.92. The Hall–Kier alpha value is -3.38. The van der Waals surface area contributed by atoms with Crippen LogP contribution in [-0.4, -0.2) is 86.4 Å². The average Bonchev–Trinajstić information content (AvgIpc) is 3.86. The fourth-order valence-corrected chi connectivity index (χ4v) is 6.85. The second kappa shape index (κ2) is 14.6. The standard InChI is InChI=1S/C34H46ClN7O3S/c1-22(2)45-30-19-25(13-14-42-17-15-41(6)16-18-42)26(32(36-5)24-11-12-24)20-29(30)39-34-37-21-27(35)33(40-34)38-28-9-7-8-10-31(28)46(43,44)23(3)4/h7-10,19-23,36H,11-18H2,1-6H3,(H2,37,38,39,40). The summed E-state index contributed by atoms with van der Waals surface area (Å²) in [4.78, 5) is 14.2. The molecular formula is C34H46ClN7O3S. The molecule has 0 bridgehead atoms. The van der Waals surface area contributed by atoms with Crippen LogP contribution in [0, 0.1) is 0 Å². The first kappa shape index (κ1) is 34.0. The molecule has 0 atom stereocenters. The molecule has 1 saturated carbocycles. The van der Waals surface area contributed by atoms with Gasteiger partial charge in [-0.1, -0.05) is 23.7 Å². The topological polar surface area (TPSA) is 112 Å². The number of likely N-dealkylation sites (N-methyl/N-ethyl adjacent to an activating group) is 1. The Bertz CT molecular complexity index is 1680. The monoisotopic (exact) mass is 667 g/mol. The van der Waals surface area contributed by atoms with Gasteiger partial charge in [0.1, 0.15) is 10.8 Å². The molecule has 46 heavy (non-hydrogen) atoms. The van der Waals surface area contributed by atoms with E-state index in [0.29, 0.717) is 17.4 Å². The van der Waals surface area contributed by atoms with Crippen molar-refractivity contribution in [1.82, 2.24) is 25.1 Å². The molecular weight excluding hydrogens is 622 g/mol. The number of allylic oxidation sites excluding steroid dienone is 1. The third kappa shape index (κ3) is 8.12. The molecule has 1 saturated heterocycles. The van der Waals surface area contributed by atoms with Crippen LogP contribution >= 0.6 is 11.6 Å². The fourth-order valence-electron chi connectivity index (χ4n) is 5.51. The number of halogens is 1. The van der Waals surface area contributed by atoms with Crippen LogP contribution in [0.3, 0.4) is 0 Å². The van der Waals surface area contributed by atoms with Gasteiger partial charge in [0.15, 0.2) is 15.7 Å². The van der Waals surface area contributed by atoms with E-state index >= 15 is 0 Å². The summed E-state index contributed by atoms with van der Waals surface area (Å²) in [5.41, 5.74) is 6.07. The van der Waals surface area contributed by atoms with Crippen LogP contribution in [0.15, 0.2) is 53.1 Å². The number of rotatable bonds is 13. The zero-order chi connectivity index (χ0) is 33.0. The van der Waals surface area contributed by atoms with Crippen molar-refractivity contribution >= 4 is 50.3 Å². The third-order valence-electron chi connectivity index (χ3n) is 8.29. The van der Waals surface area contributed by atoms with E-state index in [0.717, 1.165) is 68.9 Å². The molecule has 1 aliphatic heterocycles. The Balaban J connectivity index is 1.49. The Morgan fingerprint density at radius 2 is 1.74 bits per heavy atom. The zero-order valence-electron chi connectivity index (χ0n) is 27.7. The number of nitrogens with zero attached hydrogens (tertiary/aromatic N) is 4. The lowest BCUT2D eigenvalue weighted by Crippen LogP contribution is -2.45. The lowest BCUT2D eigenvalue weighted by molar-refractivity contribution is 0.155. The summed E-state index contributed by atoms with van der Waals surface area (Å²) in [6, 6.07) is 11.0. The van der Waals surface area contributed by atoms with Crippen molar-refractivity contribution in [2.75, 3.05) is 57.5 Å². The maximum absolute atomic E-state index is 13.1. The number of hydrogen-bond donors (Lipinski definition) is 3. The number of anilines is 4. The van der Waals surface area contributed by atoms with Gasteiger partial charge in [0.25, 0.3) is 0 Å². The van der Waals surface area contributed by atoms with E-state index in [1.807, 2.05) is 20.9 Å². The predicted octanol–water partition coefficient (Wildman–Crippen LogP) is 6.10. The van der Waals surface area contributed by atoms with E-state index in [4.69, 9.17) is 16.3 Å². The highest BCUT2D eigenvalue weighted by Crippen LogP contribution is 2.40. The van der Waals surface area contributed by atoms with Gasteiger partial charge in [-0.15, -0.1) is 0 Å². The SMILES string of the molecule is CNC(=C1CC1)c1cc(Nc2ncc(Cl)c(Nc3ccccc3S(=O)(=O)C(C)C)n2)c(OC(C)C)cc1CCN1CCN(C)CC1. The minimum absolute atomic E-state index is 0.0507. The molecule has 5 rings (SSSR count). The van der Waals surface area contributed by atoms with Crippen LogP contribution in [0.25, 0.3) is 5.70 Å². The van der Waals surface area contributed by atoms with Crippen molar-refractivity contribution in [2.45, 2.75) is 63.2 Å². The number of nitrogens with one attached hydrogen (secondary N) is 3. The normalized spacial score (nSPS) is 15.7. The Kier molecular flexibility index (Phi) is 10.8. The molecule has 10 nitrogen and oxygen atoms in total. The van der Waals surface area contributed by atoms with Crippen molar-refractivity contribution in [3.05, 3.63) is 64.3 Å². The van der Waals surface area contributed by atoms with Gasteiger partial charge in [-0.2, -0.15) is 4.98 Å². The van der Waals surface area contributed by atoms with Gasteiger partial charge in [-0.05, 0) is 89.4 Å². The molecule has 3 N–H and O–H groups in total. The number of para-hydroxylation sites is 1. The highest BCUT2D eigenvalue weighted by Gasteiger charge is 2.25. The summed E-state index contributed by atoms with van der Waals surface area (Å²) in [6.45, 7) is 12.6. The van der Waals surface area contributed by atoms with Gasteiger partial charge in [0.2, 0.25) is 5.95 Å². The first-order valence-corrected chi connectivity index (χ1v) is 17.9. The summed E-state index contributed by atoms with van der Waals surface area (Å²) in [5, 5.41) is 9.66. The van der Waals surface area contributed by atoms with Gasteiger partial charge in [0.05, 0.1) is 33.8 Å². The molecule has 3 aromatic rings. The molecule has 2 heterocycles. The second-order valence-electron chi connectivity index (χ2n) is 12.5. The smallest absolute Gasteiger partial charge is 0.229 e. The number of sulfone groups is 1. The highest BCUT2D eigenvalue weighted by atomic mass is 35.5. The summed E-state index contributed by atoms with van der Waals surface area (Å²) >= 11 is 6.52. The maximum atomic E-state index is 13.1. The number of benzene rings is 2. The minimum atomic E-state index is -3.55. The molecule has 12 heteroatoms. The van der Waals surface area contributed by atoms with Crippen molar-refractivity contribution < 1.29 is 13.2 Å². The van der Waals surface area contributed by atoms with Crippen LogP contribution in [-0.2, 0) is 16.3 Å². The molecule has 0 unspecified atom stereocenters. The molecule has 248 valence electrons. The first-order valence-electron chi connectivity index (χ1n) is 16.0. The molecule has 1 aromatic heterocycles. The fraction of sp³-hybridized carbons (Fsp3) is 0.471. The van der Waals surface area contributed by atoms with Crippen LogP contribution in [0.5, 0.6) is 5.75 Å². The third-order valence-corrected chi connectivity index (χ3v) is 10.8. The van der Waals surface area contributed by atoms with Crippen LogP contribution < -0.4 is 20.7 Å². The van der Waals surface area contributed by atoms with Crippen LogP contribution in [0.1, 0.15) is 51.7 Å². The molecule has 0 radical (unpaired) electrons. The van der Waals surface area contributed by atoms with E-state index in [1.165, 1.54) is 17.3 Å². The summed E-state index contributed by atoms with van der Waals surface area (Å²) in [6.07, 6.45) is 4.52. The van der Waals surface area contributed by atoms with E-state index < -0.39 is 15.1 Å². The maximum Gasteiger partial charge on any atom is 0.229 e. The van der Waals surface area contributed by atoms with Gasteiger partial charge in [-0.25, -0.2) is 13.4 Å². The largest absolute Gasteiger partial charge is 0.489 e. The predicted molar refractivity (Wildman–Crippen MR) is 187 cm³/mol. The van der Waals surface area contributed by atoms with Crippen LogP contribution in [0.2, 0.25) is 5.02 Å². The van der Waals surface area contributed by atoms with Gasteiger partial charge in [-0.3, -0.25) is 0 Å². The second-order valence-corrected chi connectivity index (χ2v) is 15.4. The van der Waals surface area contributed by atoms with Gasteiger partial charge >= 0.3 is 0 Å². The number of hydrogen-bond acceptors (Lipinski definition) is 10. The zero-order valence-corrected chi connectivity index (χ0v) is 29.2. The van der Waals surface area contributed by atoms with Gasteiger partial charge < -0.3 is 30.5 Å². The van der Waals surface area contributed by atoms with E-state index in [9.17, 15) is 8.42 Å². The molecule has 0 amide bonds. The Morgan fingerprint density at radius 1 is 1.02 bits per heavy atom. The van der Waals surface area contributed by atoms with Crippen molar-refractivity contribution in [1.29, 1.82) is 0 Å². The van der Waals surface area contributed by atoms with Crippen LogP contribution in [0.4, 0.5) is 23.1 Å². The van der Waals surface area contributed by atoms with E-state index in [-0.39, 0.29) is 21.8 Å². The Labute approximate surface area is 278 Å². The lowest BCUT2D eigenvalue weighted by atomic mass is 9.98. The summed E-state index contributed by atoms with van der Waals surface area (Å²) in [7, 11) is 0.609. The quantitative estimate of drug-likeness (QED) is 0.198. The summed E-state index contributed by atoms with van der Waals surface area (Å²) in [5.74, 6) is 1.30. The summed E-state index contributed by atoms with van der Waals surface area (Å²) < 4.78 is 32.5. The number of ether oxygens (including phenoxy) is 1. The molecule has 2 fully saturated rings. The average molecular weight is 668 g/mol. The van der Waals surface area contributed by atoms with Crippen molar-refractivity contribution in [3.63, 3.8) is 0 Å².